The summed E-state index contributed by atoms with van der Waals surface area (Å²) in [4.78, 5) is 12.1. The van der Waals surface area contributed by atoms with Gasteiger partial charge in [-0.1, -0.05) is 22.9 Å². The maximum Gasteiger partial charge on any atom is 0.287 e. The minimum atomic E-state index is -0.207. The lowest BCUT2D eigenvalue weighted by Gasteiger charge is -2.09. The van der Waals surface area contributed by atoms with Crippen LogP contribution in [-0.2, 0) is 19.4 Å². The van der Waals surface area contributed by atoms with Crippen molar-refractivity contribution in [2.75, 3.05) is 6.61 Å². The summed E-state index contributed by atoms with van der Waals surface area (Å²) < 4.78 is 12.1. The Labute approximate surface area is 131 Å². The number of carbonyl (C=O) groups is 1. The normalized spacial score (nSPS) is 12.9. The summed E-state index contributed by atoms with van der Waals surface area (Å²) in [5.41, 5.74) is 2.16. The molecule has 110 valence electrons. The second kappa shape index (κ2) is 5.93. The number of rotatable bonds is 4. The molecule has 0 fully saturated rings. The Morgan fingerprint density at radius 2 is 2.24 bits per heavy atom. The SMILES string of the molecule is CCc1ccc(C(=O)NCc2cc(Br)cc3c2OCC3)o1. The van der Waals surface area contributed by atoms with Crippen molar-refractivity contribution in [2.24, 2.45) is 0 Å². The third kappa shape index (κ3) is 2.97. The minimum Gasteiger partial charge on any atom is -0.493 e. The fraction of sp³-hybridized carbons (Fsp3) is 0.312. The summed E-state index contributed by atoms with van der Waals surface area (Å²) in [6, 6.07) is 7.57. The van der Waals surface area contributed by atoms with E-state index in [2.05, 4.69) is 27.3 Å². The fourth-order valence-electron chi connectivity index (χ4n) is 2.43. The van der Waals surface area contributed by atoms with Crippen LogP contribution < -0.4 is 10.1 Å². The molecule has 2 aromatic rings. The first-order valence-electron chi connectivity index (χ1n) is 6.98. The molecule has 0 spiro atoms. The van der Waals surface area contributed by atoms with Gasteiger partial charge in [-0.15, -0.1) is 0 Å². The van der Waals surface area contributed by atoms with Crippen molar-refractivity contribution in [3.8, 4) is 5.75 Å². The fourth-order valence-corrected chi connectivity index (χ4v) is 2.98. The van der Waals surface area contributed by atoms with Gasteiger partial charge in [0.1, 0.15) is 11.5 Å². The maximum absolute atomic E-state index is 12.1. The zero-order valence-electron chi connectivity index (χ0n) is 11.7. The van der Waals surface area contributed by atoms with E-state index in [1.54, 1.807) is 6.07 Å². The van der Waals surface area contributed by atoms with E-state index in [4.69, 9.17) is 9.15 Å². The molecule has 1 amide bonds. The van der Waals surface area contributed by atoms with Crippen molar-refractivity contribution in [3.05, 3.63) is 51.4 Å². The zero-order chi connectivity index (χ0) is 14.8. The van der Waals surface area contributed by atoms with Crippen molar-refractivity contribution >= 4 is 21.8 Å². The first-order chi connectivity index (χ1) is 10.2. The molecule has 0 aliphatic carbocycles. The molecular formula is C16H16BrNO3. The van der Waals surface area contributed by atoms with E-state index >= 15 is 0 Å². The van der Waals surface area contributed by atoms with Gasteiger partial charge in [-0.05, 0) is 29.8 Å². The average molecular weight is 350 g/mol. The number of amides is 1. The van der Waals surface area contributed by atoms with E-state index in [1.165, 1.54) is 5.56 Å². The van der Waals surface area contributed by atoms with E-state index in [9.17, 15) is 4.79 Å². The van der Waals surface area contributed by atoms with Crippen molar-refractivity contribution in [1.29, 1.82) is 0 Å². The van der Waals surface area contributed by atoms with Gasteiger partial charge in [0.15, 0.2) is 5.76 Å². The molecule has 4 nitrogen and oxygen atoms in total. The summed E-state index contributed by atoms with van der Waals surface area (Å²) in [6.07, 6.45) is 1.69. The number of fused-ring (bicyclic) bond motifs is 1. The standard InChI is InChI=1S/C16H16BrNO3/c1-2-13-3-4-14(21-13)16(19)18-9-11-8-12(17)7-10-5-6-20-15(10)11/h3-4,7-8H,2,5-6,9H2,1H3,(H,18,19). The van der Waals surface area contributed by atoms with Crippen LogP contribution in [0.15, 0.2) is 33.2 Å². The van der Waals surface area contributed by atoms with Crippen LogP contribution >= 0.6 is 15.9 Å². The Kier molecular flexibility index (Phi) is 4.01. The molecule has 0 bridgehead atoms. The highest BCUT2D eigenvalue weighted by Crippen LogP contribution is 2.32. The average Bonchev–Trinajstić information content (AvgIpc) is 3.12. The Morgan fingerprint density at radius 3 is 3.00 bits per heavy atom. The Morgan fingerprint density at radius 1 is 1.38 bits per heavy atom. The predicted molar refractivity (Wildman–Crippen MR) is 82.6 cm³/mol. The molecule has 21 heavy (non-hydrogen) atoms. The van der Waals surface area contributed by atoms with E-state index in [0.717, 1.165) is 34.4 Å². The van der Waals surface area contributed by atoms with Crippen LogP contribution in [0.3, 0.4) is 0 Å². The summed E-state index contributed by atoms with van der Waals surface area (Å²) >= 11 is 3.49. The quantitative estimate of drug-likeness (QED) is 0.919. The highest BCUT2D eigenvalue weighted by Gasteiger charge is 2.18. The van der Waals surface area contributed by atoms with Gasteiger partial charge in [0, 0.05) is 29.4 Å². The molecule has 0 saturated heterocycles. The third-order valence-corrected chi connectivity index (χ3v) is 3.96. The maximum atomic E-state index is 12.1. The van der Waals surface area contributed by atoms with Crippen LogP contribution in [0.25, 0.3) is 0 Å². The van der Waals surface area contributed by atoms with Crippen LogP contribution in [0.4, 0.5) is 0 Å². The van der Waals surface area contributed by atoms with Crippen molar-refractivity contribution in [2.45, 2.75) is 26.3 Å². The molecule has 1 aromatic heterocycles. The monoisotopic (exact) mass is 349 g/mol. The van der Waals surface area contributed by atoms with Gasteiger partial charge < -0.3 is 14.5 Å². The van der Waals surface area contributed by atoms with Gasteiger partial charge in [0.05, 0.1) is 6.61 Å². The topological polar surface area (TPSA) is 51.5 Å². The Bertz CT molecular complexity index is 678. The zero-order valence-corrected chi connectivity index (χ0v) is 13.3. The van der Waals surface area contributed by atoms with Crippen molar-refractivity contribution < 1.29 is 13.9 Å². The van der Waals surface area contributed by atoms with Gasteiger partial charge >= 0.3 is 0 Å². The smallest absolute Gasteiger partial charge is 0.287 e. The number of hydrogen-bond donors (Lipinski definition) is 1. The second-order valence-electron chi connectivity index (χ2n) is 4.95. The van der Waals surface area contributed by atoms with E-state index in [1.807, 2.05) is 19.1 Å². The van der Waals surface area contributed by atoms with Crippen molar-refractivity contribution in [3.63, 3.8) is 0 Å². The molecule has 1 aromatic carbocycles. The largest absolute Gasteiger partial charge is 0.493 e. The summed E-state index contributed by atoms with van der Waals surface area (Å²) in [5, 5.41) is 2.88. The van der Waals surface area contributed by atoms with E-state index in [-0.39, 0.29) is 5.91 Å². The van der Waals surface area contributed by atoms with Gasteiger partial charge in [0.25, 0.3) is 5.91 Å². The lowest BCUT2D eigenvalue weighted by atomic mass is 10.1. The highest BCUT2D eigenvalue weighted by atomic mass is 79.9. The van der Waals surface area contributed by atoms with Crippen LogP contribution in [0, 0.1) is 0 Å². The first kappa shape index (κ1) is 14.2. The molecule has 0 saturated carbocycles. The number of hydrogen-bond acceptors (Lipinski definition) is 3. The van der Waals surface area contributed by atoms with E-state index < -0.39 is 0 Å². The van der Waals surface area contributed by atoms with Crippen molar-refractivity contribution in [1.82, 2.24) is 5.32 Å². The Hall–Kier alpha value is -1.75. The molecule has 2 heterocycles. The number of ether oxygens (including phenoxy) is 1. The molecule has 5 heteroatoms. The number of benzene rings is 1. The molecule has 1 aliphatic heterocycles. The Balaban J connectivity index is 1.72. The predicted octanol–water partition coefficient (Wildman–Crippen LogP) is 3.47. The van der Waals surface area contributed by atoms with Crippen LogP contribution in [0.1, 0.15) is 34.4 Å². The highest BCUT2D eigenvalue weighted by molar-refractivity contribution is 9.10. The number of carbonyl (C=O) groups excluding carboxylic acids is 1. The van der Waals surface area contributed by atoms with Crippen LogP contribution in [-0.4, -0.2) is 12.5 Å². The van der Waals surface area contributed by atoms with E-state index in [0.29, 0.717) is 18.9 Å². The summed E-state index contributed by atoms with van der Waals surface area (Å²) in [6.45, 7) is 3.11. The van der Waals surface area contributed by atoms with Gasteiger partial charge in [-0.3, -0.25) is 4.79 Å². The molecule has 0 atom stereocenters. The third-order valence-electron chi connectivity index (χ3n) is 3.50. The summed E-state index contributed by atoms with van der Waals surface area (Å²) in [7, 11) is 0. The minimum absolute atomic E-state index is 0.207. The number of halogens is 1. The molecular weight excluding hydrogens is 334 g/mol. The van der Waals surface area contributed by atoms with Gasteiger partial charge in [0.2, 0.25) is 0 Å². The van der Waals surface area contributed by atoms with Gasteiger partial charge in [-0.2, -0.15) is 0 Å². The number of nitrogens with one attached hydrogen (secondary N) is 1. The van der Waals surface area contributed by atoms with Crippen LogP contribution in [0.2, 0.25) is 0 Å². The second-order valence-corrected chi connectivity index (χ2v) is 5.87. The van der Waals surface area contributed by atoms with Gasteiger partial charge in [-0.25, -0.2) is 0 Å². The molecule has 0 radical (unpaired) electrons. The number of furan rings is 1. The molecule has 0 unspecified atom stereocenters. The molecule has 1 N–H and O–H groups in total. The summed E-state index contributed by atoms with van der Waals surface area (Å²) in [5.74, 6) is 1.85. The first-order valence-corrected chi connectivity index (χ1v) is 7.77. The lowest BCUT2D eigenvalue weighted by Crippen LogP contribution is -2.22. The molecule has 3 rings (SSSR count). The van der Waals surface area contributed by atoms with Crippen LogP contribution in [0.5, 0.6) is 5.75 Å². The number of aryl methyl sites for hydroxylation is 1. The molecule has 1 aliphatic rings. The lowest BCUT2D eigenvalue weighted by molar-refractivity contribution is 0.0921.